The summed E-state index contributed by atoms with van der Waals surface area (Å²) < 4.78 is 0. The Balaban J connectivity index is 1.54. The largest absolute Gasteiger partial charge is 0.366 e. The lowest BCUT2D eigenvalue weighted by Gasteiger charge is -2.22. The summed E-state index contributed by atoms with van der Waals surface area (Å²) in [5, 5.41) is 14.7. The second kappa shape index (κ2) is 6.87. The minimum Gasteiger partial charge on any atom is -0.366 e. The first-order chi connectivity index (χ1) is 10.3. The lowest BCUT2D eigenvalue weighted by molar-refractivity contribution is 0.0932. The van der Waals surface area contributed by atoms with Gasteiger partial charge in [-0.15, -0.1) is 10.2 Å². The number of anilines is 1. The highest BCUT2D eigenvalue weighted by molar-refractivity contribution is 5.92. The van der Waals surface area contributed by atoms with Crippen LogP contribution in [-0.2, 0) is 0 Å². The highest BCUT2D eigenvalue weighted by atomic mass is 16.2. The molecule has 0 bridgehead atoms. The van der Waals surface area contributed by atoms with Gasteiger partial charge in [0.1, 0.15) is 5.82 Å². The number of carbonyl (C=O) groups excluding carboxylic acids is 1. The topological polar surface area (TPSA) is 66.9 Å². The number of aromatic nitrogens is 2. The van der Waals surface area contributed by atoms with Gasteiger partial charge < -0.3 is 10.6 Å². The van der Waals surface area contributed by atoms with Gasteiger partial charge in [-0.2, -0.15) is 0 Å². The lowest BCUT2D eigenvalue weighted by atomic mass is 9.95. The molecular formula is C16H24N4O. The summed E-state index contributed by atoms with van der Waals surface area (Å²) in [5.74, 6) is 0.679. The van der Waals surface area contributed by atoms with Crippen LogP contribution in [0.25, 0.3) is 0 Å². The maximum Gasteiger partial charge on any atom is 0.272 e. The van der Waals surface area contributed by atoms with E-state index in [1.807, 2.05) is 6.07 Å². The van der Waals surface area contributed by atoms with Crippen molar-refractivity contribution in [2.24, 2.45) is 0 Å². The summed E-state index contributed by atoms with van der Waals surface area (Å²) >= 11 is 0. The standard InChI is InChI=1S/C16H24N4O/c21-16(18-13-8-4-5-9-13)14-10-11-15(20-19-14)17-12-6-2-1-3-7-12/h10-13H,1-9H2,(H,17,20)(H,18,21). The van der Waals surface area contributed by atoms with Gasteiger partial charge in [-0.1, -0.05) is 32.1 Å². The summed E-state index contributed by atoms with van der Waals surface area (Å²) in [6, 6.07) is 4.46. The van der Waals surface area contributed by atoms with E-state index >= 15 is 0 Å². The molecule has 3 rings (SSSR count). The predicted octanol–water partition coefficient (Wildman–Crippen LogP) is 2.89. The fourth-order valence-corrected chi connectivity index (χ4v) is 3.32. The van der Waals surface area contributed by atoms with Crippen molar-refractivity contribution in [1.29, 1.82) is 0 Å². The van der Waals surface area contributed by atoms with Gasteiger partial charge in [0.15, 0.2) is 5.69 Å². The zero-order chi connectivity index (χ0) is 14.5. The van der Waals surface area contributed by atoms with E-state index in [-0.39, 0.29) is 5.91 Å². The van der Waals surface area contributed by atoms with E-state index < -0.39 is 0 Å². The average molecular weight is 288 g/mol. The lowest BCUT2D eigenvalue weighted by Crippen LogP contribution is -2.33. The second-order valence-electron chi connectivity index (χ2n) is 6.24. The third-order valence-electron chi connectivity index (χ3n) is 4.54. The maximum absolute atomic E-state index is 12.1. The Labute approximate surface area is 125 Å². The number of hydrogen-bond donors (Lipinski definition) is 2. The molecule has 2 fully saturated rings. The average Bonchev–Trinajstić information content (AvgIpc) is 3.02. The summed E-state index contributed by atoms with van der Waals surface area (Å²) in [7, 11) is 0. The molecule has 0 unspecified atom stereocenters. The Morgan fingerprint density at radius 3 is 2.24 bits per heavy atom. The van der Waals surface area contributed by atoms with Crippen LogP contribution in [0.3, 0.4) is 0 Å². The molecule has 2 N–H and O–H groups in total. The van der Waals surface area contributed by atoms with Crippen molar-refractivity contribution in [1.82, 2.24) is 15.5 Å². The van der Waals surface area contributed by atoms with Gasteiger partial charge in [-0.3, -0.25) is 4.79 Å². The third-order valence-corrected chi connectivity index (χ3v) is 4.54. The first-order valence-electron chi connectivity index (χ1n) is 8.22. The number of nitrogens with zero attached hydrogens (tertiary/aromatic N) is 2. The van der Waals surface area contributed by atoms with Gasteiger partial charge in [-0.05, 0) is 37.8 Å². The predicted molar refractivity (Wildman–Crippen MR) is 82.2 cm³/mol. The molecule has 2 saturated carbocycles. The number of carbonyl (C=O) groups is 1. The highest BCUT2D eigenvalue weighted by Crippen LogP contribution is 2.21. The molecule has 5 heteroatoms. The Bertz CT molecular complexity index is 462. The Hall–Kier alpha value is -1.65. The molecule has 0 saturated heterocycles. The van der Waals surface area contributed by atoms with Crippen LogP contribution >= 0.6 is 0 Å². The van der Waals surface area contributed by atoms with Crippen molar-refractivity contribution in [2.75, 3.05) is 5.32 Å². The van der Waals surface area contributed by atoms with Crippen molar-refractivity contribution in [3.63, 3.8) is 0 Å². The van der Waals surface area contributed by atoms with Crippen LogP contribution in [0.1, 0.15) is 68.3 Å². The van der Waals surface area contributed by atoms with E-state index in [1.54, 1.807) is 6.07 Å². The van der Waals surface area contributed by atoms with E-state index in [9.17, 15) is 4.79 Å². The molecule has 5 nitrogen and oxygen atoms in total. The van der Waals surface area contributed by atoms with Crippen LogP contribution in [0.4, 0.5) is 5.82 Å². The van der Waals surface area contributed by atoms with Gasteiger partial charge in [0.2, 0.25) is 0 Å². The Kier molecular flexibility index (Phi) is 4.68. The molecule has 0 spiro atoms. The summed E-state index contributed by atoms with van der Waals surface area (Å²) in [6.07, 6.45) is 10.9. The normalized spacial score (nSPS) is 20.4. The van der Waals surface area contributed by atoms with E-state index in [0.29, 0.717) is 17.8 Å². The smallest absolute Gasteiger partial charge is 0.272 e. The molecule has 1 aromatic rings. The van der Waals surface area contributed by atoms with Crippen molar-refractivity contribution < 1.29 is 4.79 Å². The van der Waals surface area contributed by atoms with E-state index in [0.717, 1.165) is 18.7 Å². The molecule has 1 aromatic heterocycles. The summed E-state index contributed by atoms with van der Waals surface area (Å²) in [4.78, 5) is 12.1. The second-order valence-corrected chi connectivity index (χ2v) is 6.24. The monoisotopic (exact) mass is 288 g/mol. The SMILES string of the molecule is O=C(NC1CCCC1)c1ccc(NC2CCCCC2)nn1. The molecule has 1 heterocycles. The molecule has 0 aromatic carbocycles. The summed E-state index contributed by atoms with van der Waals surface area (Å²) in [6.45, 7) is 0. The molecule has 21 heavy (non-hydrogen) atoms. The minimum atomic E-state index is -0.0985. The number of nitrogens with one attached hydrogen (secondary N) is 2. The van der Waals surface area contributed by atoms with Gasteiger partial charge in [-0.25, -0.2) is 0 Å². The van der Waals surface area contributed by atoms with Crippen LogP contribution in [0.15, 0.2) is 12.1 Å². The molecule has 0 atom stereocenters. The molecule has 1 amide bonds. The number of rotatable bonds is 4. The van der Waals surface area contributed by atoms with Gasteiger partial charge in [0.25, 0.3) is 5.91 Å². The third kappa shape index (κ3) is 3.93. The highest BCUT2D eigenvalue weighted by Gasteiger charge is 2.19. The number of hydrogen-bond acceptors (Lipinski definition) is 4. The molecule has 2 aliphatic carbocycles. The molecular weight excluding hydrogens is 264 g/mol. The van der Waals surface area contributed by atoms with Crippen LogP contribution < -0.4 is 10.6 Å². The first-order valence-corrected chi connectivity index (χ1v) is 8.22. The van der Waals surface area contributed by atoms with Crippen molar-refractivity contribution in [3.8, 4) is 0 Å². The Morgan fingerprint density at radius 2 is 1.57 bits per heavy atom. The van der Waals surface area contributed by atoms with E-state index in [4.69, 9.17) is 0 Å². The molecule has 2 aliphatic rings. The maximum atomic E-state index is 12.1. The van der Waals surface area contributed by atoms with Crippen molar-refractivity contribution in [2.45, 2.75) is 69.9 Å². The Morgan fingerprint density at radius 1 is 0.905 bits per heavy atom. The molecule has 0 aliphatic heterocycles. The quantitative estimate of drug-likeness (QED) is 0.894. The van der Waals surface area contributed by atoms with Crippen molar-refractivity contribution >= 4 is 11.7 Å². The molecule has 114 valence electrons. The zero-order valence-electron chi connectivity index (χ0n) is 12.5. The van der Waals surface area contributed by atoms with Crippen LogP contribution in [0.5, 0.6) is 0 Å². The van der Waals surface area contributed by atoms with Crippen LogP contribution in [-0.4, -0.2) is 28.2 Å². The molecule has 0 radical (unpaired) electrons. The fraction of sp³-hybridized carbons (Fsp3) is 0.688. The van der Waals surface area contributed by atoms with E-state index in [1.165, 1.54) is 44.9 Å². The van der Waals surface area contributed by atoms with Gasteiger partial charge in [0, 0.05) is 12.1 Å². The van der Waals surface area contributed by atoms with Crippen LogP contribution in [0.2, 0.25) is 0 Å². The first kappa shape index (κ1) is 14.3. The number of amides is 1. The zero-order valence-corrected chi connectivity index (χ0v) is 12.5. The van der Waals surface area contributed by atoms with Crippen LogP contribution in [0, 0.1) is 0 Å². The van der Waals surface area contributed by atoms with Gasteiger partial charge in [0.05, 0.1) is 0 Å². The summed E-state index contributed by atoms with van der Waals surface area (Å²) in [5.41, 5.74) is 0.413. The van der Waals surface area contributed by atoms with Gasteiger partial charge >= 0.3 is 0 Å². The minimum absolute atomic E-state index is 0.0985. The fourth-order valence-electron chi connectivity index (χ4n) is 3.32. The van der Waals surface area contributed by atoms with E-state index in [2.05, 4.69) is 20.8 Å². The van der Waals surface area contributed by atoms with Crippen molar-refractivity contribution in [3.05, 3.63) is 17.8 Å².